The van der Waals surface area contributed by atoms with Gasteiger partial charge in [0.05, 0.1) is 11.4 Å². The molecule has 68 valence electrons. The van der Waals surface area contributed by atoms with Crippen molar-refractivity contribution in [2.24, 2.45) is 0 Å². The molecule has 0 atom stereocenters. The summed E-state index contributed by atoms with van der Waals surface area (Å²) in [6.07, 6.45) is 3.92. The minimum absolute atomic E-state index is 0.713. The number of rotatable bonds is 2. The minimum atomic E-state index is 0.713. The molecule has 4 heteroatoms. The molecule has 0 spiro atoms. The normalized spacial score (nSPS) is 10.8. The number of imidazole rings is 1. The molecule has 2 rings (SSSR count). The topological polar surface area (TPSA) is 55.3 Å². The fourth-order valence-electron chi connectivity index (χ4n) is 1.35. The number of anilines is 1. The van der Waals surface area contributed by atoms with Crippen LogP contribution in [0.3, 0.4) is 0 Å². The molecule has 2 aromatic rings. The van der Waals surface area contributed by atoms with Gasteiger partial charge in [-0.2, -0.15) is 0 Å². The van der Waals surface area contributed by atoms with Gasteiger partial charge in [-0.3, -0.25) is 0 Å². The zero-order chi connectivity index (χ0) is 9.26. The van der Waals surface area contributed by atoms with Crippen LogP contribution in [0, 0.1) is 0 Å². The number of nitrogens with one attached hydrogen (secondary N) is 1. The molecule has 2 aromatic heterocycles. The van der Waals surface area contributed by atoms with Crippen molar-refractivity contribution < 1.29 is 0 Å². The van der Waals surface area contributed by atoms with Gasteiger partial charge in [-0.15, -0.1) is 0 Å². The molecule has 13 heavy (non-hydrogen) atoms. The Kier molecular flexibility index (Phi) is 1.90. The molecular weight excluding hydrogens is 164 g/mol. The number of hydrogen-bond donors (Lipinski definition) is 2. The molecule has 4 nitrogen and oxygen atoms in total. The Labute approximate surface area is 76.4 Å². The molecule has 3 N–H and O–H groups in total. The molecule has 0 radical (unpaired) electrons. The van der Waals surface area contributed by atoms with E-state index in [0.29, 0.717) is 5.69 Å². The minimum Gasteiger partial charge on any atom is -0.396 e. The van der Waals surface area contributed by atoms with E-state index in [0.717, 1.165) is 17.9 Å². The first-order valence-electron chi connectivity index (χ1n) is 4.18. The van der Waals surface area contributed by atoms with E-state index < -0.39 is 0 Å². The smallest absolute Gasteiger partial charge is 0.160 e. The summed E-state index contributed by atoms with van der Waals surface area (Å²) < 4.78 is 1.93. The number of aromatic nitrogens is 2. The van der Waals surface area contributed by atoms with Gasteiger partial charge in [0.2, 0.25) is 0 Å². The first-order chi connectivity index (χ1) is 6.31. The van der Waals surface area contributed by atoms with Crippen LogP contribution in [0.1, 0.15) is 5.69 Å². The summed E-state index contributed by atoms with van der Waals surface area (Å²) in [5.41, 5.74) is 8.30. The highest BCUT2D eigenvalue weighted by atomic mass is 15.0. The molecule has 0 aliphatic heterocycles. The summed E-state index contributed by atoms with van der Waals surface area (Å²) in [5, 5.41) is 3.05. The van der Waals surface area contributed by atoms with E-state index in [2.05, 4.69) is 10.3 Å². The van der Waals surface area contributed by atoms with Gasteiger partial charge in [-0.25, -0.2) is 4.98 Å². The quantitative estimate of drug-likeness (QED) is 0.706. The molecule has 0 aliphatic rings. The van der Waals surface area contributed by atoms with Crippen LogP contribution in [0.25, 0.3) is 5.65 Å². The Morgan fingerprint density at radius 2 is 2.46 bits per heavy atom. The van der Waals surface area contributed by atoms with Crippen molar-refractivity contribution in [1.82, 2.24) is 14.7 Å². The molecule has 0 saturated heterocycles. The molecular formula is C9H12N4. The van der Waals surface area contributed by atoms with Gasteiger partial charge in [0.15, 0.2) is 5.65 Å². The second kappa shape index (κ2) is 3.06. The number of pyridine rings is 1. The Morgan fingerprint density at radius 1 is 1.62 bits per heavy atom. The van der Waals surface area contributed by atoms with Crippen molar-refractivity contribution in [3.8, 4) is 0 Å². The number of fused-ring (bicyclic) bond motifs is 1. The van der Waals surface area contributed by atoms with E-state index >= 15 is 0 Å². The third kappa shape index (κ3) is 1.36. The lowest BCUT2D eigenvalue weighted by Gasteiger charge is -1.94. The van der Waals surface area contributed by atoms with Crippen molar-refractivity contribution in [2.75, 3.05) is 12.8 Å². The molecule has 2 heterocycles. The number of nitrogens with zero attached hydrogens (tertiary/aromatic N) is 2. The highest BCUT2D eigenvalue weighted by Gasteiger charge is 2.01. The lowest BCUT2D eigenvalue weighted by atomic mass is 10.4. The summed E-state index contributed by atoms with van der Waals surface area (Å²) in [7, 11) is 1.90. The highest BCUT2D eigenvalue weighted by molar-refractivity contribution is 5.64. The maximum Gasteiger partial charge on any atom is 0.160 e. The number of nitrogen functional groups attached to an aromatic ring is 1. The average Bonchev–Trinajstić information content (AvgIpc) is 2.49. The van der Waals surface area contributed by atoms with E-state index in [1.807, 2.05) is 36.0 Å². The Bertz CT molecular complexity index is 418. The van der Waals surface area contributed by atoms with E-state index in [1.54, 1.807) is 0 Å². The van der Waals surface area contributed by atoms with Gasteiger partial charge >= 0.3 is 0 Å². The van der Waals surface area contributed by atoms with Crippen molar-refractivity contribution >= 4 is 11.3 Å². The van der Waals surface area contributed by atoms with Crippen LogP contribution in [-0.2, 0) is 6.54 Å². The first kappa shape index (κ1) is 8.07. The van der Waals surface area contributed by atoms with E-state index in [9.17, 15) is 0 Å². The van der Waals surface area contributed by atoms with Crippen LogP contribution in [-0.4, -0.2) is 16.4 Å². The zero-order valence-electron chi connectivity index (χ0n) is 7.49. The van der Waals surface area contributed by atoms with Crippen LogP contribution in [0.2, 0.25) is 0 Å². The number of hydrogen-bond acceptors (Lipinski definition) is 3. The van der Waals surface area contributed by atoms with Gasteiger partial charge in [0.1, 0.15) is 0 Å². The Hall–Kier alpha value is -1.55. The lowest BCUT2D eigenvalue weighted by Crippen LogP contribution is -2.04. The van der Waals surface area contributed by atoms with Crippen molar-refractivity contribution in [3.05, 3.63) is 30.2 Å². The predicted octanol–water partition coefficient (Wildman–Crippen LogP) is 0.636. The van der Waals surface area contributed by atoms with Gasteiger partial charge in [-0.05, 0) is 19.2 Å². The summed E-state index contributed by atoms with van der Waals surface area (Å²) in [5.74, 6) is 0. The molecule has 0 unspecified atom stereocenters. The fraction of sp³-hybridized carbons (Fsp3) is 0.222. The second-order valence-corrected chi connectivity index (χ2v) is 2.96. The molecule has 0 bridgehead atoms. The largest absolute Gasteiger partial charge is 0.396 e. The summed E-state index contributed by atoms with van der Waals surface area (Å²) in [6.45, 7) is 0.765. The predicted molar refractivity (Wildman–Crippen MR) is 52.4 cm³/mol. The van der Waals surface area contributed by atoms with E-state index in [-0.39, 0.29) is 0 Å². The van der Waals surface area contributed by atoms with Crippen molar-refractivity contribution in [3.63, 3.8) is 0 Å². The standard InChI is InChI=1S/C9H12N4/c1-11-5-7-6-13-4-2-3-8(10)9(13)12-7/h2-4,6,11H,5,10H2,1H3. The maximum atomic E-state index is 5.76. The fourth-order valence-corrected chi connectivity index (χ4v) is 1.35. The summed E-state index contributed by atoms with van der Waals surface area (Å²) >= 11 is 0. The summed E-state index contributed by atoms with van der Waals surface area (Å²) in [6, 6.07) is 3.76. The van der Waals surface area contributed by atoms with E-state index in [4.69, 9.17) is 5.73 Å². The molecule has 0 saturated carbocycles. The van der Waals surface area contributed by atoms with Gasteiger partial charge in [0, 0.05) is 18.9 Å². The number of nitrogens with two attached hydrogens (primary N) is 1. The third-order valence-corrected chi connectivity index (χ3v) is 1.92. The van der Waals surface area contributed by atoms with Crippen LogP contribution >= 0.6 is 0 Å². The second-order valence-electron chi connectivity index (χ2n) is 2.96. The molecule has 0 amide bonds. The van der Waals surface area contributed by atoms with E-state index in [1.165, 1.54) is 0 Å². The van der Waals surface area contributed by atoms with Gasteiger partial charge in [0.25, 0.3) is 0 Å². The Morgan fingerprint density at radius 3 is 3.15 bits per heavy atom. The maximum absolute atomic E-state index is 5.76. The molecule has 0 aromatic carbocycles. The highest BCUT2D eigenvalue weighted by Crippen LogP contribution is 2.12. The average molecular weight is 176 g/mol. The zero-order valence-corrected chi connectivity index (χ0v) is 7.49. The van der Waals surface area contributed by atoms with Crippen molar-refractivity contribution in [1.29, 1.82) is 0 Å². The van der Waals surface area contributed by atoms with Crippen LogP contribution in [0.5, 0.6) is 0 Å². The molecule has 0 aliphatic carbocycles. The molecule has 0 fully saturated rings. The monoisotopic (exact) mass is 176 g/mol. The lowest BCUT2D eigenvalue weighted by molar-refractivity contribution is 0.798. The Balaban J connectivity index is 2.55. The van der Waals surface area contributed by atoms with Crippen LogP contribution in [0.4, 0.5) is 5.69 Å². The van der Waals surface area contributed by atoms with Crippen LogP contribution in [0.15, 0.2) is 24.5 Å². The van der Waals surface area contributed by atoms with Crippen LogP contribution < -0.4 is 11.1 Å². The third-order valence-electron chi connectivity index (χ3n) is 1.92. The summed E-state index contributed by atoms with van der Waals surface area (Å²) in [4.78, 5) is 4.38. The van der Waals surface area contributed by atoms with Gasteiger partial charge < -0.3 is 15.5 Å². The first-order valence-corrected chi connectivity index (χ1v) is 4.18. The van der Waals surface area contributed by atoms with Crippen molar-refractivity contribution in [2.45, 2.75) is 6.54 Å². The van der Waals surface area contributed by atoms with Gasteiger partial charge in [-0.1, -0.05) is 0 Å². The SMILES string of the molecule is CNCc1cn2cccc(N)c2n1.